The molecule has 6 heteroatoms. The minimum atomic E-state index is -0.556. The molecule has 1 atom stereocenters. The summed E-state index contributed by atoms with van der Waals surface area (Å²) < 4.78 is 0. The van der Waals surface area contributed by atoms with Gasteiger partial charge in [-0.15, -0.1) is 0 Å². The molecule has 0 aliphatic heterocycles. The van der Waals surface area contributed by atoms with E-state index in [0.717, 1.165) is 16.4 Å². The van der Waals surface area contributed by atoms with Crippen molar-refractivity contribution in [3.05, 3.63) is 53.1 Å². The summed E-state index contributed by atoms with van der Waals surface area (Å²) in [5.41, 5.74) is 3.28. The van der Waals surface area contributed by atoms with Crippen LogP contribution in [0.3, 0.4) is 0 Å². The number of hydrogen-bond acceptors (Lipinski definition) is 2. The van der Waals surface area contributed by atoms with Gasteiger partial charge in [0.1, 0.15) is 5.75 Å². The summed E-state index contributed by atoms with van der Waals surface area (Å²) in [4.78, 5) is 4.64. The standard InChI is InChI=1S/C22H30NOP.2ClH.Ti/c1-15-12-17(21(2,3)4)13-19(20(15)24)25-18-11-9-8-10-16(18)14-23-22(5,6)7;;;/h8-14,24-25H,1-7H3;2*1H;/q;;;+2/p-2. The van der Waals surface area contributed by atoms with Crippen LogP contribution in [0.2, 0.25) is 0 Å². The fourth-order valence-corrected chi connectivity index (χ4v) is 3.74. The first-order chi connectivity index (χ1) is 12.9. The molecule has 2 aromatic rings. The normalized spacial score (nSPS) is 12.3. The molecule has 152 valence electrons. The van der Waals surface area contributed by atoms with Crippen molar-refractivity contribution in [2.24, 2.45) is 4.99 Å². The molecule has 0 saturated carbocycles. The summed E-state index contributed by atoms with van der Waals surface area (Å²) in [5, 5.41) is 12.8. The third kappa shape index (κ3) is 8.56. The van der Waals surface area contributed by atoms with E-state index in [1.165, 1.54) is 10.9 Å². The Balaban J connectivity index is 0.00000122. The second kappa shape index (κ2) is 11.1. The van der Waals surface area contributed by atoms with Gasteiger partial charge in [0, 0.05) is 17.1 Å². The van der Waals surface area contributed by atoms with Gasteiger partial charge in [-0.2, -0.15) is 0 Å². The van der Waals surface area contributed by atoms with Gasteiger partial charge in [0.15, 0.2) is 0 Å². The first-order valence-corrected chi connectivity index (χ1v) is 14.4. The molecule has 2 rings (SSSR count). The van der Waals surface area contributed by atoms with E-state index >= 15 is 0 Å². The number of aliphatic imine (C=N–C) groups is 1. The van der Waals surface area contributed by atoms with Crippen LogP contribution >= 0.6 is 27.2 Å². The van der Waals surface area contributed by atoms with Gasteiger partial charge in [-0.1, -0.05) is 59.7 Å². The van der Waals surface area contributed by atoms with Crippen LogP contribution in [-0.2, 0) is 22.4 Å². The summed E-state index contributed by atoms with van der Waals surface area (Å²) in [5.74, 6) is 0.411. The predicted octanol–water partition coefficient (Wildman–Crippen LogP) is 6.22. The third-order valence-corrected chi connectivity index (χ3v) is 5.36. The molecule has 2 nitrogen and oxygen atoms in total. The second-order valence-electron chi connectivity index (χ2n) is 8.65. The van der Waals surface area contributed by atoms with Crippen LogP contribution in [0.5, 0.6) is 5.75 Å². The number of phenols is 1. The van der Waals surface area contributed by atoms with E-state index in [1.54, 1.807) is 0 Å². The zero-order valence-electron chi connectivity index (χ0n) is 17.7. The quantitative estimate of drug-likeness (QED) is 0.320. The number of aryl methyl sites for hydroxylation is 1. The molecule has 0 saturated heterocycles. The molecule has 0 amide bonds. The number of hydrogen-bond donors (Lipinski definition) is 1. The average molecular weight is 474 g/mol. The molecule has 0 aliphatic carbocycles. The van der Waals surface area contributed by atoms with Crippen molar-refractivity contribution < 1.29 is 22.1 Å². The molecule has 1 unspecified atom stereocenters. The molecular weight excluding hydrogens is 444 g/mol. The first-order valence-electron chi connectivity index (χ1n) is 9.10. The predicted molar refractivity (Wildman–Crippen MR) is 125 cm³/mol. The van der Waals surface area contributed by atoms with Crippen LogP contribution in [0.25, 0.3) is 0 Å². The summed E-state index contributed by atoms with van der Waals surface area (Å²) in [7, 11) is 10.2. The van der Waals surface area contributed by atoms with Gasteiger partial charge in [0.2, 0.25) is 0 Å². The molecule has 0 fully saturated rings. The third-order valence-electron chi connectivity index (χ3n) is 3.99. The summed E-state index contributed by atoms with van der Waals surface area (Å²) in [6, 6.07) is 12.5. The number of phenolic OH excluding ortho intramolecular Hbond substituents is 1. The van der Waals surface area contributed by atoms with E-state index in [0.29, 0.717) is 14.3 Å². The van der Waals surface area contributed by atoms with E-state index in [1.807, 2.05) is 25.3 Å². The molecule has 1 N–H and O–H groups in total. The van der Waals surface area contributed by atoms with Gasteiger partial charge in [-0.25, -0.2) is 0 Å². The van der Waals surface area contributed by atoms with Crippen molar-refractivity contribution >= 4 is 44.0 Å². The van der Waals surface area contributed by atoms with E-state index in [-0.39, 0.29) is 11.0 Å². The Kier molecular flexibility index (Phi) is 10.2. The number of halogens is 2. The van der Waals surface area contributed by atoms with Gasteiger partial charge in [-0.05, 0) is 55.6 Å². The van der Waals surface area contributed by atoms with Gasteiger partial charge in [-0.3, -0.25) is 4.99 Å². The molecule has 0 radical (unpaired) electrons. The van der Waals surface area contributed by atoms with E-state index < -0.39 is 17.0 Å². The summed E-state index contributed by atoms with van der Waals surface area (Å²) in [6.07, 6.45) is 1.96. The molecule has 0 spiro atoms. The minimum absolute atomic E-state index is 0.0604. The Labute approximate surface area is 188 Å². The van der Waals surface area contributed by atoms with Crippen molar-refractivity contribution in [3.8, 4) is 5.75 Å². The molecule has 2 aromatic carbocycles. The van der Waals surface area contributed by atoms with Gasteiger partial charge in [0.05, 0.1) is 5.54 Å². The molecule has 0 aliphatic rings. The van der Waals surface area contributed by atoms with Crippen LogP contribution < -0.4 is 10.6 Å². The number of benzene rings is 2. The maximum absolute atomic E-state index is 10.6. The SMILES string of the molecule is Cc1cc(C(C)(C)C)cc(Pc2ccccc2C=NC(C)(C)C)c1O.[Cl][Ti][Cl]. The number of rotatable bonds is 3. The maximum atomic E-state index is 10.6. The Morgan fingerprint density at radius 1 is 1.00 bits per heavy atom. The summed E-state index contributed by atoms with van der Waals surface area (Å²) in [6.45, 7) is 14.9. The fourth-order valence-electron chi connectivity index (χ4n) is 2.44. The van der Waals surface area contributed by atoms with E-state index in [9.17, 15) is 5.11 Å². The Hall–Kier alpha value is -0.366. The molecule has 28 heavy (non-hydrogen) atoms. The van der Waals surface area contributed by atoms with Crippen molar-refractivity contribution in [2.75, 3.05) is 0 Å². The molecular formula is C22H30Cl2NOPTi. The van der Waals surface area contributed by atoms with Gasteiger partial charge >= 0.3 is 35.6 Å². The van der Waals surface area contributed by atoms with E-state index in [4.69, 9.17) is 18.6 Å². The fraction of sp³-hybridized carbons (Fsp3) is 0.409. The average Bonchev–Trinajstić information content (AvgIpc) is 2.57. The van der Waals surface area contributed by atoms with Crippen LogP contribution in [0.4, 0.5) is 0 Å². The summed E-state index contributed by atoms with van der Waals surface area (Å²) >= 11 is -0.556. The first kappa shape index (κ1) is 25.7. The molecule has 0 heterocycles. The van der Waals surface area contributed by atoms with Crippen molar-refractivity contribution in [2.45, 2.75) is 59.4 Å². The van der Waals surface area contributed by atoms with Crippen LogP contribution in [-0.4, -0.2) is 16.9 Å². The monoisotopic (exact) mass is 473 g/mol. The Morgan fingerprint density at radius 3 is 2.11 bits per heavy atom. The van der Waals surface area contributed by atoms with Crippen molar-refractivity contribution in [1.82, 2.24) is 0 Å². The van der Waals surface area contributed by atoms with Crippen molar-refractivity contribution in [3.63, 3.8) is 0 Å². The Bertz CT molecular complexity index is 811. The van der Waals surface area contributed by atoms with Crippen LogP contribution in [0.1, 0.15) is 58.2 Å². The Morgan fingerprint density at radius 2 is 1.57 bits per heavy atom. The van der Waals surface area contributed by atoms with Gasteiger partial charge < -0.3 is 5.11 Å². The van der Waals surface area contributed by atoms with Crippen molar-refractivity contribution in [1.29, 1.82) is 0 Å². The zero-order chi connectivity index (χ0) is 21.5. The number of nitrogens with zero attached hydrogens (tertiary/aromatic N) is 1. The second-order valence-corrected chi connectivity index (χ2v) is 12.6. The van der Waals surface area contributed by atoms with Crippen LogP contribution in [0.15, 0.2) is 41.4 Å². The molecule has 0 aromatic heterocycles. The molecule has 0 bridgehead atoms. The topological polar surface area (TPSA) is 32.6 Å². The zero-order valence-corrected chi connectivity index (χ0v) is 21.8. The van der Waals surface area contributed by atoms with Gasteiger partial charge in [0.25, 0.3) is 0 Å². The number of aromatic hydroxyl groups is 1. The van der Waals surface area contributed by atoms with E-state index in [2.05, 4.69) is 70.8 Å². The van der Waals surface area contributed by atoms with Crippen LogP contribution in [0, 0.1) is 6.92 Å².